The molecule has 1 aliphatic carbocycles. The molecule has 0 spiro atoms. The highest BCUT2D eigenvalue weighted by molar-refractivity contribution is 5.88. The van der Waals surface area contributed by atoms with Gasteiger partial charge in [0.2, 0.25) is 5.91 Å². The molecule has 0 radical (unpaired) electrons. The standard InChI is InChI=1S/C25H27FN2O3/c1-2-21(25(30)31)28-22-11-9-17(26)14-19(22)20-15-18(10-12-23(20)28)27-24(29)13-8-16-6-4-3-5-7-16/h3-7,9,11,14,18,21H,2,8,10,12-13,15H2,1H3,(H,27,29)(H,30,31). The van der Waals surface area contributed by atoms with E-state index in [0.717, 1.165) is 34.1 Å². The Morgan fingerprint density at radius 2 is 2.00 bits per heavy atom. The first-order chi connectivity index (χ1) is 15.0. The lowest BCUT2D eigenvalue weighted by Crippen LogP contribution is -2.39. The number of carboxylic acids is 1. The van der Waals surface area contributed by atoms with Crippen molar-refractivity contribution < 1.29 is 19.1 Å². The van der Waals surface area contributed by atoms with Crippen LogP contribution < -0.4 is 5.32 Å². The lowest BCUT2D eigenvalue weighted by Gasteiger charge is -2.26. The first-order valence-corrected chi connectivity index (χ1v) is 10.8. The molecule has 0 fully saturated rings. The SMILES string of the molecule is CCC(C(=O)O)n1c2c(c3cc(F)ccc31)CC(NC(=O)CCc1ccccc1)CC2. The van der Waals surface area contributed by atoms with Gasteiger partial charge < -0.3 is 15.0 Å². The topological polar surface area (TPSA) is 71.3 Å². The fourth-order valence-electron chi connectivity index (χ4n) is 4.71. The first-order valence-electron chi connectivity index (χ1n) is 10.8. The highest BCUT2D eigenvalue weighted by atomic mass is 19.1. The van der Waals surface area contributed by atoms with E-state index in [1.54, 1.807) is 6.07 Å². The molecule has 2 aromatic carbocycles. The Labute approximate surface area is 180 Å². The highest BCUT2D eigenvalue weighted by Crippen LogP contribution is 2.36. The van der Waals surface area contributed by atoms with Gasteiger partial charge in [0.25, 0.3) is 0 Å². The number of carbonyl (C=O) groups excluding carboxylic acids is 1. The van der Waals surface area contributed by atoms with Crippen LogP contribution >= 0.6 is 0 Å². The van der Waals surface area contributed by atoms with Gasteiger partial charge in [0.05, 0.1) is 0 Å². The number of amides is 1. The lowest BCUT2D eigenvalue weighted by molar-refractivity contribution is -0.141. The van der Waals surface area contributed by atoms with Crippen LogP contribution in [0.25, 0.3) is 10.9 Å². The van der Waals surface area contributed by atoms with Gasteiger partial charge >= 0.3 is 5.97 Å². The summed E-state index contributed by atoms with van der Waals surface area (Å²) in [6.07, 6.45) is 3.52. The first kappa shape index (κ1) is 21.1. The maximum absolute atomic E-state index is 14.0. The number of nitrogens with zero attached hydrogens (tertiary/aromatic N) is 1. The summed E-state index contributed by atoms with van der Waals surface area (Å²) in [6.45, 7) is 1.85. The average molecular weight is 423 g/mol. The third-order valence-electron chi connectivity index (χ3n) is 6.19. The normalized spacial score (nSPS) is 16.6. The predicted molar refractivity (Wildman–Crippen MR) is 118 cm³/mol. The zero-order valence-electron chi connectivity index (χ0n) is 17.6. The summed E-state index contributed by atoms with van der Waals surface area (Å²) in [4.78, 5) is 24.4. The van der Waals surface area contributed by atoms with Gasteiger partial charge in [-0.05, 0) is 61.4 Å². The van der Waals surface area contributed by atoms with Crippen molar-refractivity contribution in [2.45, 2.75) is 57.5 Å². The molecule has 5 nitrogen and oxygen atoms in total. The fraction of sp³-hybridized carbons (Fsp3) is 0.360. The Kier molecular flexibility index (Phi) is 6.07. The van der Waals surface area contributed by atoms with Crippen molar-refractivity contribution in [1.29, 1.82) is 0 Å². The van der Waals surface area contributed by atoms with Crippen molar-refractivity contribution >= 4 is 22.8 Å². The molecule has 2 N–H and O–H groups in total. The summed E-state index contributed by atoms with van der Waals surface area (Å²) in [7, 11) is 0. The largest absolute Gasteiger partial charge is 0.480 e. The van der Waals surface area contributed by atoms with Crippen LogP contribution in [0.15, 0.2) is 48.5 Å². The van der Waals surface area contributed by atoms with Crippen LogP contribution in [0.5, 0.6) is 0 Å². The number of nitrogens with one attached hydrogen (secondary N) is 1. The molecular formula is C25H27FN2O3. The predicted octanol–water partition coefficient (Wildman–Crippen LogP) is 4.42. The van der Waals surface area contributed by atoms with E-state index >= 15 is 0 Å². The average Bonchev–Trinajstić information content (AvgIpc) is 3.06. The summed E-state index contributed by atoms with van der Waals surface area (Å²) in [6, 6.07) is 13.7. The van der Waals surface area contributed by atoms with Gasteiger partial charge in [-0.25, -0.2) is 9.18 Å². The number of halogens is 1. The number of aliphatic carboxylic acids is 1. The molecule has 4 rings (SSSR count). The number of benzene rings is 2. The Hall–Kier alpha value is -3.15. The second-order valence-corrected chi connectivity index (χ2v) is 8.21. The minimum atomic E-state index is -0.886. The smallest absolute Gasteiger partial charge is 0.326 e. The third-order valence-corrected chi connectivity index (χ3v) is 6.19. The molecule has 2 atom stereocenters. The van der Waals surface area contributed by atoms with Crippen LogP contribution in [0.2, 0.25) is 0 Å². The molecule has 1 aliphatic rings. The van der Waals surface area contributed by atoms with Crippen molar-refractivity contribution in [1.82, 2.24) is 9.88 Å². The van der Waals surface area contributed by atoms with Gasteiger partial charge in [0.15, 0.2) is 0 Å². The van der Waals surface area contributed by atoms with E-state index in [-0.39, 0.29) is 17.8 Å². The van der Waals surface area contributed by atoms with Crippen LogP contribution in [0.4, 0.5) is 4.39 Å². The van der Waals surface area contributed by atoms with Gasteiger partial charge in [-0.3, -0.25) is 4.79 Å². The van der Waals surface area contributed by atoms with E-state index in [0.29, 0.717) is 32.1 Å². The van der Waals surface area contributed by atoms with E-state index in [9.17, 15) is 19.1 Å². The molecule has 0 bridgehead atoms. The van der Waals surface area contributed by atoms with Crippen molar-refractivity contribution in [2.24, 2.45) is 0 Å². The molecule has 3 aromatic rings. The minimum absolute atomic E-state index is 0.00388. The summed E-state index contributed by atoms with van der Waals surface area (Å²) in [5, 5.41) is 13.6. The molecular weight excluding hydrogens is 395 g/mol. The number of hydrogen-bond acceptors (Lipinski definition) is 2. The molecule has 0 saturated heterocycles. The number of fused-ring (bicyclic) bond motifs is 3. The molecule has 1 aromatic heterocycles. The van der Waals surface area contributed by atoms with Crippen molar-refractivity contribution in [3.8, 4) is 0 Å². The van der Waals surface area contributed by atoms with E-state index in [2.05, 4.69) is 5.32 Å². The second kappa shape index (κ2) is 8.92. The Balaban J connectivity index is 1.56. The minimum Gasteiger partial charge on any atom is -0.480 e. The zero-order valence-corrected chi connectivity index (χ0v) is 17.6. The molecule has 0 saturated carbocycles. The van der Waals surface area contributed by atoms with Gasteiger partial charge in [-0.1, -0.05) is 37.3 Å². The fourth-order valence-corrected chi connectivity index (χ4v) is 4.71. The summed E-state index contributed by atoms with van der Waals surface area (Å²) in [5.41, 5.74) is 3.77. The zero-order chi connectivity index (χ0) is 22.0. The van der Waals surface area contributed by atoms with Crippen LogP contribution in [-0.2, 0) is 28.9 Å². The van der Waals surface area contributed by atoms with Crippen LogP contribution in [-0.4, -0.2) is 27.6 Å². The third kappa shape index (κ3) is 4.33. The van der Waals surface area contributed by atoms with Gasteiger partial charge in [0.1, 0.15) is 11.9 Å². The number of hydrogen-bond donors (Lipinski definition) is 2. The Morgan fingerprint density at radius 1 is 1.23 bits per heavy atom. The number of carbonyl (C=O) groups is 2. The number of rotatable bonds is 7. The molecule has 1 amide bonds. The molecule has 2 unspecified atom stereocenters. The maximum atomic E-state index is 14.0. The number of carboxylic acid groups (broad SMARTS) is 1. The van der Waals surface area contributed by atoms with E-state index in [1.165, 1.54) is 12.1 Å². The van der Waals surface area contributed by atoms with Gasteiger partial charge in [0, 0.05) is 29.1 Å². The number of aromatic nitrogens is 1. The van der Waals surface area contributed by atoms with Gasteiger partial charge in [-0.15, -0.1) is 0 Å². The van der Waals surface area contributed by atoms with E-state index in [4.69, 9.17) is 0 Å². The quantitative estimate of drug-likeness (QED) is 0.592. The monoisotopic (exact) mass is 422 g/mol. The Bertz CT molecular complexity index is 1110. The van der Waals surface area contributed by atoms with Crippen LogP contribution in [0, 0.1) is 5.82 Å². The van der Waals surface area contributed by atoms with Gasteiger partial charge in [-0.2, -0.15) is 0 Å². The number of aryl methyl sites for hydroxylation is 1. The van der Waals surface area contributed by atoms with Crippen molar-refractivity contribution in [2.75, 3.05) is 0 Å². The Morgan fingerprint density at radius 3 is 2.71 bits per heavy atom. The summed E-state index contributed by atoms with van der Waals surface area (Å²) < 4.78 is 15.9. The lowest BCUT2D eigenvalue weighted by atomic mass is 9.91. The van der Waals surface area contributed by atoms with Crippen molar-refractivity contribution in [3.63, 3.8) is 0 Å². The van der Waals surface area contributed by atoms with Crippen molar-refractivity contribution in [3.05, 3.63) is 71.2 Å². The van der Waals surface area contributed by atoms with Crippen LogP contribution in [0.3, 0.4) is 0 Å². The molecule has 6 heteroatoms. The molecule has 1 heterocycles. The maximum Gasteiger partial charge on any atom is 0.326 e. The van der Waals surface area contributed by atoms with E-state index in [1.807, 2.05) is 41.8 Å². The summed E-state index contributed by atoms with van der Waals surface area (Å²) >= 11 is 0. The van der Waals surface area contributed by atoms with Crippen LogP contribution in [0.1, 0.15) is 49.0 Å². The summed E-state index contributed by atoms with van der Waals surface area (Å²) in [5.74, 6) is -1.23. The molecule has 0 aliphatic heterocycles. The highest BCUT2D eigenvalue weighted by Gasteiger charge is 2.30. The van der Waals surface area contributed by atoms with E-state index < -0.39 is 12.0 Å². The molecule has 31 heavy (non-hydrogen) atoms. The molecule has 162 valence electrons. The second-order valence-electron chi connectivity index (χ2n) is 8.21.